The third-order valence-corrected chi connectivity index (χ3v) is 6.44. The van der Waals surface area contributed by atoms with Crippen molar-refractivity contribution in [2.24, 2.45) is 7.05 Å². The first-order valence-corrected chi connectivity index (χ1v) is 10.9. The molecule has 5 nitrogen and oxygen atoms in total. The topological polar surface area (TPSA) is 48.5 Å². The summed E-state index contributed by atoms with van der Waals surface area (Å²) in [6.07, 6.45) is 6.40. The van der Waals surface area contributed by atoms with E-state index in [1.165, 1.54) is 22.3 Å². The van der Waals surface area contributed by atoms with Crippen LogP contribution in [0.25, 0.3) is 16.6 Å². The van der Waals surface area contributed by atoms with Crippen LogP contribution in [0.3, 0.4) is 0 Å². The lowest BCUT2D eigenvalue weighted by Crippen LogP contribution is -2.24. The highest BCUT2D eigenvalue weighted by atomic mass is 16.5. The number of aromatic nitrogens is 3. The van der Waals surface area contributed by atoms with Crippen molar-refractivity contribution in [3.05, 3.63) is 93.9 Å². The number of hydrogen-bond donors (Lipinski definition) is 0. The molecule has 31 heavy (non-hydrogen) atoms. The Morgan fingerprint density at radius 3 is 2.55 bits per heavy atom. The Kier molecular flexibility index (Phi) is 5.20. The summed E-state index contributed by atoms with van der Waals surface area (Å²) in [5.41, 5.74) is 6.53. The van der Waals surface area contributed by atoms with E-state index >= 15 is 0 Å². The number of fused-ring (bicyclic) bond motifs is 1. The Labute approximate surface area is 182 Å². The summed E-state index contributed by atoms with van der Waals surface area (Å²) in [5.74, 6) is 1.32. The van der Waals surface area contributed by atoms with Gasteiger partial charge >= 0.3 is 0 Å². The quantitative estimate of drug-likeness (QED) is 0.495. The summed E-state index contributed by atoms with van der Waals surface area (Å²) < 4.78 is 9.26. The molecule has 3 heterocycles. The number of nitrogens with zero attached hydrogens (tertiary/aromatic N) is 3. The molecule has 1 saturated heterocycles. The minimum absolute atomic E-state index is 0.000148. The smallest absolute Gasteiger partial charge is 0.276 e. The molecule has 0 saturated carbocycles. The standard InChI is InChI=1S/C26H27N3O2/c1-18-5-3-4-6-23(18)20-9-7-19(8-10-20)15-22-17-29-24(26(30)28(22)2)16-27-25(29)21-11-13-31-14-12-21/h3-10,16-17,21H,11-15H2,1-2H3. The maximum absolute atomic E-state index is 13.0. The predicted octanol–water partition coefficient (Wildman–Crippen LogP) is 4.49. The molecular weight excluding hydrogens is 386 g/mol. The van der Waals surface area contributed by atoms with Crippen LogP contribution in [0.5, 0.6) is 0 Å². The average Bonchev–Trinajstić information content (AvgIpc) is 3.23. The number of imidazole rings is 1. The van der Waals surface area contributed by atoms with Crippen LogP contribution in [0.2, 0.25) is 0 Å². The largest absolute Gasteiger partial charge is 0.381 e. The molecule has 0 spiro atoms. The zero-order chi connectivity index (χ0) is 21.4. The molecule has 5 rings (SSSR count). The predicted molar refractivity (Wildman–Crippen MR) is 123 cm³/mol. The van der Waals surface area contributed by atoms with Gasteiger partial charge in [-0.05, 0) is 42.0 Å². The molecule has 0 unspecified atom stereocenters. The van der Waals surface area contributed by atoms with E-state index < -0.39 is 0 Å². The lowest BCUT2D eigenvalue weighted by atomic mass is 9.98. The summed E-state index contributed by atoms with van der Waals surface area (Å²) in [5, 5.41) is 0. The highest BCUT2D eigenvalue weighted by Gasteiger charge is 2.22. The van der Waals surface area contributed by atoms with E-state index in [1.807, 2.05) is 11.4 Å². The van der Waals surface area contributed by atoms with Crippen molar-refractivity contribution in [2.45, 2.75) is 32.1 Å². The number of benzene rings is 2. The van der Waals surface area contributed by atoms with E-state index in [1.54, 1.807) is 10.8 Å². The van der Waals surface area contributed by atoms with Gasteiger partial charge in [-0.2, -0.15) is 0 Å². The second kappa shape index (κ2) is 8.16. The van der Waals surface area contributed by atoms with Crippen molar-refractivity contribution in [1.82, 2.24) is 14.0 Å². The van der Waals surface area contributed by atoms with Gasteiger partial charge in [0.2, 0.25) is 0 Å². The minimum Gasteiger partial charge on any atom is -0.381 e. The van der Waals surface area contributed by atoms with Crippen molar-refractivity contribution in [2.75, 3.05) is 13.2 Å². The number of ether oxygens (including phenoxy) is 1. The van der Waals surface area contributed by atoms with Crippen LogP contribution >= 0.6 is 0 Å². The Balaban J connectivity index is 1.48. The number of hydrogen-bond acceptors (Lipinski definition) is 3. The van der Waals surface area contributed by atoms with Gasteiger partial charge in [0.05, 0.1) is 6.20 Å². The molecule has 158 valence electrons. The highest BCUT2D eigenvalue weighted by molar-refractivity contribution is 5.67. The molecule has 4 aromatic rings. The monoisotopic (exact) mass is 413 g/mol. The van der Waals surface area contributed by atoms with Gasteiger partial charge in [0.25, 0.3) is 5.56 Å². The van der Waals surface area contributed by atoms with Crippen molar-refractivity contribution in [1.29, 1.82) is 0 Å². The molecule has 0 aliphatic carbocycles. The van der Waals surface area contributed by atoms with Gasteiger partial charge in [0.15, 0.2) is 0 Å². The number of aryl methyl sites for hydroxylation is 1. The lowest BCUT2D eigenvalue weighted by molar-refractivity contribution is 0.0835. The summed E-state index contributed by atoms with van der Waals surface area (Å²) >= 11 is 0. The summed E-state index contributed by atoms with van der Waals surface area (Å²) in [4.78, 5) is 17.6. The molecule has 0 bridgehead atoms. The van der Waals surface area contributed by atoms with Crippen LogP contribution in [0.4, 0.5) is 0 Å². The van der Waals surface area contributed by atoms with Crippen LogP contribution in [0.15, 0.2) is 65.7 Å². The van der Waals surface area contributed by atoms with E-state index in [0.29, 0.717) is 17.9 Å². The lowest BCUT2D eigenvalue weighted by Gasteiger charge is -2.21. The molecule has 2 aromatic carbocycles. The van der Waals surface area contributed by atoms with Gasteiger partial charge in [-0.25, -0.2) is 4.98 Å². The van der Waals surface area contributed by atoms with Gasteiger partial charge in [-0.3, -0.25) is 9.20 Å². The normalized spacial score (nSPS) is 14.9. The maximum Gasteiger partial charge on any atom is 0.276 e. The molecule has 1 aliphatic rings. The van der Waals surface area contributed by atoms with Crippen molar-refractivity contribution in [3.63, 3.8) is 0 Å². The molecule has 0 atom stereocenters. The van der Waals surface area contributed by atoms with Crippen molar-refractivity contribution < 1.29 is 4.74 Å². The van der Waals surface area contributed by atoms with Gasteiger partial charge in [-0.1, -0.05) is 48.5 Å². The molecule has 5 heteroatoms. The van der Waals surface area contributed by atoms with Crippen LogP contribution in [-0.2, 0) is 18.2 Å². The zero-order valence-electron chi connectivity index (χ0n) is 18.0. The second-order valence-corrected chi connectivity index (χ2v) is 8.43. The van der Waals surface area contributed by atoms with E-state index in [4.69, 9.17) is 4.74 Å². The minimum atomic E-state index is -0.000148. The Morgan fingerprint density at radius 2 is 1.81 bits per heavy atom. The first-order chi connectivity index (χ1) is 15.1. The fraction of sp³-hybridized carbons (Fsp3) is 0.308. The first-order valence-electron chi connectivity index (χ1n) is 10.9. The van der Waals surface area contributed by atoms with Crippen molar-refractivity contribution in [3.8, 4) is 11.1 Å². The van der Waals surface area contributed by atoms with Gasteiger partial charge in [0, 0.05) is 44.5 Å². The molecule has 1 aliphatic heterocycles. The first kappa shape index (κ1) is 19.8. The van der Waals surface area contributed by atoms with E-state index in [0.717, 1.165) is 37.6 Å². The Bertz CT molecular complexity index is 1280. The van der Waals surface area contributed by atoms with E-state index in [9.17, 15) is 4.79 Å². The molecule has 0 radical (unpaired) electrons. The van der Waals surface area contributed by atoms with Gasteiger partial charge in [-0.15, -0.1) is 0 Å². The third-order valence-electron chi connectivity index (χ3n) is 6.44. The summed E-state index contributed by atoms with van der Waals surface area (Å²) in [7, 11) is 1.85. The van der Waals surface area contributed by atoms with Gasteiger partial charge < -0.3 is 9.30 Å². The molecule has 0 N–H and O–H groups in total. The second-order valence-electron chi connectivity index (χ2n) is 8.43. The average molecular weight is 414 g/mol. The van der Waals surface area contributed by atoms with E-state index in [2.05, 4.69) is 66.6 Å². The molecular formula is C26H27N3O2. The third kappa shape index (κ3) is 3.70. The summed E-state index contributed by atoms with van der Waals surface area (Å²) in [6, 6.07) is 17.1. The van der Waals surface area contributed by atoms with Crippen LogP contribution in [-0.4, -0.2) is 27.2 Å². The fourth-order valence-corrected chi connectivity index (χ4v) is 4.54. The van der Waals surface area contributed by atoms with Gasteiger partial charge in [0.1, 0.15) is 11.3 Å². The zero-order valence-corrected chi connectivity index (χ0v) is 18.0. The molecule has 2 aromatic heterocycles. The van der Waals surface area contributed by atoms with Crippen LogP contribution in [0, 0.1) is 6.92 Å². The SMILES string of the molecule is Cc1ccccc1-c1ccc(Cc2cn3c(C4CCOCC4)ncc3c(=O)n2C)cc1. The van der Waals surface area contributed by atoms with Crippen molar-refractivity contribution >= 4 is 5.52 Å². The molecule has 1 fully saturated rings. The summed E-state index contributed by atoms with van der Waals surface area (Å²) in [6.45, 7) is 3.64. The van der Waals surface area contributed by atoms with Crippen LogP contribution in [0.1, 0.15) is 41.4 Å². The maximum atomic E-state index is 13.0. The number of rotatable bonds is 4. The fourth-order valence-electron chi connectivity index (χ4n) is 4.54. The Hall–Kier alpha value is -3.18. The highest BCUT2D eigenvalue weighted by Crippen LogP contribution is 2.27. The van der Waals surface area contributed by atoms with Crippen LogP contribution < -0.4 is 5.56 Å². The van der Waals surface area contributed by atoms with E-state index in [-0.39, 0.29) is 5.56 Å². The molecule has 0 amide bonds. The Morgan fingerprint density at radius 1 is 1.06 bits per heavy atom.